The van der Waals surface area contributed by atoms with Gasteiger partial charge in [-0.1, -0.05) is 0 Å². The van der Waals surface area contributed by atoms with Crippen LogP contribution < -0.4 is 4.74 Å². The van der Waals surface area contributed by atoms with Crippen LogP contribution in [0, 0.1) is 3.57 Å². The molecule has 0 aliphatic carbocycles. The summed E-state index contributed by atoms with van der Waals surface area (Å²) >= 11 is 1.56. The molecule has 0 unspecified atom stereocenters. The molecular weight excluding hydrogens is 345 g/mol. The first-order valence-corrected chi connectivity index (χ1v) is 4.91. The first-order valence-electron chi connectivity index (χ1n) is 3.83. The number of alkyl halides is 4. The number of hydrogen-bond acceptors (Lipinski definition) is 3. The largest absolute Gasteiger partial charge is 0.574 e. The Morgan fingerprint density at radius 2 is 2.12 bits per heavy atom. The van der Waals surface area contributed by atoms with Gasteiger partial charge in [-0.3, -0.25) is 4.79 Å². The van der Waals surface area contributed by atoms with Crippen LogP contribution in [-0.4, -0.2) is 17.6 Å². The van der Waals surface area contributed by atoms with Gasteiger partial charge >= 0.3 is 6.36 Å². The van der Waals surface area contributed by atoms with E-state index in [0.717, 1.165) is 6.20 Å². The van der Waals surface area contributed by atoms with E-state index in [-0.39, 0.29) is 14.7 Å². The van der Waals surface area contributed by atoms with Crippen LogP contribution in [-0.2, 0) is 6.67 Å². The van der Waals surface area contributed by atoms with Gasteiger partial charge in [-0.15, -0.1) is 13.2 Å². The van der Waals surface area contributed by atoms with Crippen molar-refractivity contribution in [2.45, 2.75) is 13.0 Å². The molecule has 0 fully saturated rings. The summed E-state index contributed by atoms with van der Waals surface area (Å²) in [4.78, 5) is 13.7. The second kappa shape index (κ2) is 4.93. The third-order valence-corrected chi connectivity index (χ3v) is 2.84. The van der Waals surface area contributed by atoms with Crippen molar-refractivity contribution in [1.29, 1.82) is 0 Å². The Morgan fingerprint density at radius 1 is 1.50 bits per heavy atom. The van der Waals surface area contributed by atoms with Crippen LogP contribution in [0.15, 0.2) is 6.20 Å². The number of aldehydes is 1. The maximum Gasteiger partial charge on any atom is 0.574 e. The highest BCUT2D eigenvalue weighted by molar-refractivity contribution is 14.1. The number of ether oxygens (including phenoxy) is 1. The first-order chi connectivity index (χ1) is 7.39. The monoisotopic (exact) mass is 349 g/mol. The van der Waals surface area contributed by atoms with Crippen LogP contribution >= 0.6 is 22.6 Å². The minimum atomic E-state index is -4.94. The van der Waals surface area contributed by atoms with Crippen molar-refractivity contribution in [3.8, 4) is 5.88 Å². The maximum atomic E-state index is 12.5. The molecule has 0 saturated heterocycles. The molecule has 0 spiro atoms. The van der Waals surface area contributed by atoms with Crippen molar-refractivity contribution >= 4 is 28.9 Å². The zero-order chi connectivity index (χ0) is 12.3. The van der Waals surface area contributed by atoms with Gasteiger partial charge < -0.3 is 4.74 Å². The minimum Gasteiger partial charge on any atom is -0.387 e. The second-order valence-electron chi connectivity index (χ2n) is 2.61. The molecular formula is C8H4F4INO2. The van der Waals surface area contributed by atoms with Crippen molar-refractivity contribution in [2.24, 2.45) is 0 Å². The number of rotatable bonds is 3. The summed E-state index contributed by atoms with van der Waals surface area (Å²) in [5, 5.41) is 0. The van der Waals surface area contributed by atoms with Crippen LogP contribution in [0.5, 0.6) is 5.88 Å². The standard InChI is InChI=1S/C8H4F4INO2/c9-1-5-6(13)4(3-15)2-14-7(5)16-8(10,11)12/h2-3H,1H2. The van der Waals surface area contributed by atoms with E-state index >= 15 is 0 Å². The molecule has 0 aliphatic heterocycles. The van der Waals surface area contributed by atoms with E-state index in [0.29, 0.717) is 6.29 Å². The minimum absolute atomic E-state index is 0.0165. The molecule has 0 radical (unpaired) electrons. The highest BCUT2D eigenvalue weighted by Gasteiger charge is 2.33. The molecule has 0 aliphatic rings. The molecule has 1 rings (SSSR count). The van der Waals surface area contributed by atoms with E-state index < -0.39 is 18.9 Å². The Kier molecular flexibility index (Phi) is 4.05. The van der Waals surface area contributed by atoms with Gasteiger partial charge in [0.25, 0.3) is 0 Å². The molecule has 8 heteroatoms. The van der Waals surface area contributed by atoms with Crippen LogP contribution in [0.1, 0.15) is 15.9 Å². The number of aromatic nitrogens is 1. The fraction of sp³-hybridized carbons (Fsp3) is 0.250. The zero-order valence-electron chi connectivity index (χ0n) is 7.52. The molecule has 3 nitrogen and oxygen atoms in total. The van der Waals surface area contributed by atoms with Gasteiger partial charge in [-0.05, 0) is 22.6 Å². The molecule has 0 amide bonds. The van der Waals surface area contributed by atoms with E-state index in [1.807, 2.05) is 0 Å². The van der Waals surface area contributed by atoms with Gasteiger partial charge in [-0.25, -0.2) is 9.37 Å². The van der Waals surface area contributed by atoms with E-state index in [9.17, 15) is 22.4 Å². The molecule has 0 atom stereocenters. The first kappa shape index (κ1) is 13.1. The Balaban J connectivity index is 3.21. The smallest absolute Gasteiger partial charge is 0.387 e. The predicted octanol–water partition coefficient (Wildman–Crippen LogP) is 2.87. The van der Waals surface area contributed by atoms with Crippen LogP contribution in [0.4, 0.5) is 17.6 Å². The normalized spacial score (nSPS) is 11.3. The molecule has 1 heterocycles. The lowest BCUT2D eigenvalue weighted by Gasteiger charge is -2.12. The Hall–Kier alpha value is -0.930. The number of carbonyl (C=O) groups is 1. The lowest BCUT2D eigenvalue weighted by molar-refractivity contribution is -0.276. The molecule has 0 saturated carbocycles. The Bertz CT molecular complexity index is 408. The summed E-state index contributed by atoms with van der Waals surface area (Å²) in [6.07, 6.45) is -3.66. The SMILES string of the molecule is O=Cc1cnc(OC(F)(F)F)c(CF)c1I. The summed E-state index contributed by atoms with van der Waals surface area (Å²) in [5.74, 6) is -0.870. The van der Waals surface area contributed by atoms with Gasteiger partial charge in [-0.2, -0.15) is 0 Å². The van der Waals surface area contributed by atoms with Gasteiger partial charge in [0.1, 0.15) is 6.67 Å². The van der Waals surface area contributed by atoms with Crippen molar-refractivity contribution in [3.05, 3.63) is 20.9 Å². The average Bonchev–Trinajstić information content (AvgIpc) is 2.16. The van der Waals surface area contributed by atoms with Crippen molar-refractivity contribution in [3.63, 3.8) is 0 Å². The lowest BCUT2D eigenvalue weighted by atomic mass is 10.2. The van der Waals surface area contributed by atoms with E-state index in [1.165, 1.54) is 0 Å². The Morgan fingerprint density at radius 3 is 2.56 bits per heavy atom. The second-order valence-corrected chi connectivity index (χ2v) is 3.69. The van der Waals surface area contributed by atoms with E-state index in [1.54, 1.807) is 22.6 Å². The summed E-state index contributed by atoms with van der Waals surface area (Å²) in [6.45, 7) is -1.20. The molecule has 0 N–H and O–H groups in total. The van der Waals surface area contributed by atoms with Crippen molar-refractivity contribution in [1.82, 2.24) is 4.98 Å². The number of carbonyl (C=O) groups excluding carboxylic acids is 1. The van der Waals surface area contributed by atoms with Crippen LogP contribution in [0.3, 0.4) is 0 Å². The number of halogens is 5. The molecule has 16 heavy (non-hydrogen) atoms. The molecule has 1 aromatic heterocycles. The van der Waals surface area contributed by atoms with Gasteiger partial charge in [0.2, 0.25) is 5.88 Å². The molecule has 88 valence electrons. The lowest BCUT2D eigenvalue weighted by Crippen LogP contribution is -2.19. The van der Waals surface area contributed by atoms with Crippen LogP contribution in [0.25, 0.3) is 0 Å². The third-order valence-electron chi connectivity index (χ3n) is 1.57. The highest BCUT2D eigenvalue weighted by Crippen LogP contribution is 2.29. The fourth-order valence-corrected chi connectivity index (χ4v) is 1.57. The Labute approximate surface area is 101 Å². The van der Waals surface area contributed by atoms with E-state index in [2.05, 4.69) is 9.72 Å². The summed E-state index contributed by atoms with van der Waals surface area (Å²) < 4.78 is 51.9. The summed E-state index contributed by atoms with van der Waals surface area (Å²) in [6, 6.07) is 0. The van der Waals surface area contributed by atoms with Crippen LogP contribution in [0.2, 0.25) is 0 Å². The summed E-state index contributed by atoms with van der Waals surface area (Å²) in [5.41, 5.74) is -0.370. The van der Waals surface area contributed by atoms with Gasteiger partial charge in [0.05, 0.1) is 5.56 Å². The zero-order valence-corrected chi connectivity index (χ0v) is 9.67. The van der Waals surface area contributed by atoms with Crippen molar-refractivity contribution < 1.29 is 27.1 Å². The average molecular weight is 349 g/mol. The van der Waals surface area contributed by atoms with Crippen molar-refractivity contribution in [2.75, 3.05) is 0 Å². The molecule has 0 aromatic carbocycles. The quantitative estimate of drug-likeness (QED) is 0.479. The molecule has 1 aromatic rings. The highest BCUT2D eigenvalue weighted by atomic mass is 127. The number of hydrogen-bond donors (Lipinski definition) is 0. The van der Waals surface area contributed by atoms with E-state index in [4.69, 9.17) is 0 Å². The maximum absolute atomic E-state index is 12.5. The summed E-state index contributed by atoms with van der Waals surface area (Å²) in [7, 11) is 0. The molecule has 0 bridgehead atoms. The number of nitrogens with zero attached hydrogens (tertiary/aromatic N) is 1. The topological polar surface area (TPSA) is 39.2 Å². The predicted molar refractivity (Wildman–Crippen MR) is 53.8 cm³/mol. The third kappa shape index (κ3) is 3.03. The number of pyridine rings is 1. The van der Waals surface area contributed by atoms with Gasteiger partial charge in [0.15, 0.2) is 6.29 Å². The van der Waals surface area contributed by atoms with Gasteiger partial charge in [0, 0.05) is 15.3 Å². The fourth-order valence-electron chi connectivity index (χ4n) is 0.926.